The smallest absolute Gasteiger partial charge is 0.223 e. The summed E-state index contributed by atoms with van der Waals surface area (Å²) in [4.78, 5) is 28.4. The van der Waals surface area contributed by atoms with Gasteiger partial charge >= 0.3 is 0 Å². The molecule has 1 aliphatic heterocycles. The van der Waals surface area contributed by atoms with Crippen LogP contribution in [0.4, 0.5) is 5.82 Å². The second-order valence-corrected chi connectivity index (χ2v) is 6.87. The number of amides is 1. The molecule has 2 fully saturated rings. The molecule has 1 aliphatic carbocycles. The highest BCUT2D eigenvalue weighted by atomic mass is 16.2. The van der Waals surface area contributed by atoms with Crippen LogP contribution < -0.4 is 4.90 Å². The summed E-state index contributed by atoms with van der Waals surface area (Å²) in [6.45, 7) is 1.75. The second-order valence-electron chi connectivity index (χ2n) is 6.87. The molecule has 0 radical (unpaired) electrons. The maximum absolute atomic E-state index is 12.3. The van der Waals surface area contributed by atoms with E-state index >= 15 is 0 Å². The number of carbonyl (C=O) groups excluding carboxylic acids is 1. The van der Waals surface area contributed by atoms with Gasteiger partial charge in [-0.25, -0.2) is 9.97 Å². The molecule has 2 aromatic heterocycles. The fourth-order valence-electron chi connectivity index (χ4n) is 4.14. The minimum absolute atomic E-state index is 0.338. The van der Waals surface area contributed by atoms with Crippen molar-refractivity contribution in [1.29, 1.82) is 0 Å². The Hall–Kier alpha value is -2.11. The van der Waals surface area contributed by atoms with Gasteiger partial charge in [0.1, 0.15) is 17.8 Å². The number of anilines is 1. The highest BCUT2D eigenvalue weighted by Gasteiger charge is 2.35. The number of fused-ring (bicyclic) bond motifs is 1. The summed E-state index contributed by atoms with van der Waals surface area (Å²) < 4.78 is 0. The maximum Gasteiger partial charge on any atom is 0.223 e. The molecule has 1 saturated carbocycles. The molecule has 1 N–H and O–H groups in total. The molecule has 0 spiro atoms. The molecule has 3 heterocycles. The molecule has 1 atom stereocenters. The summed E-state index contributed by atoms with van der Waals surface area (Å²) in [5.74, 6) is 1.66. The number of aromatic nitrogens is 3. The Labute approximate surface area is 135 Å². The van der Waals surface area contributed by atoms with E-state index in [9.17, 15) is 4.79 Å². The van der Waals surface area contributed by atoms with E-state index in [1.165, 1.54) is 25.7 Å². The number of aromatic amines is 1. The van der Waals surface area contributed by atoms with E-state index in [4.69, 9.17) is 0 Å². The van der Waals surface area contributed by atoms with E-state index in [0.29, 0.717) is 24.3 Å². The van der Waals surface area contributed by atoms with Crippen molar-refractivity contribution in [3.63, 3.8) is 0 Å². The molecule has 122 valence electrons. The SMILES string of the molecule is CN(C[C@H]1CC(=O)N(C2CCCC2)C1)c1ncnc2[nH]ccc12. The average Bonchev–Trinajstić information content (AvgIpc) is 3.26. The van der Waals surface area contributed by atoms with E-state index < -0.39 is 0 Å². The first-order valence-corrected chi connectivity index (χ1v) is 8.51. The summed E-state index contributed by atoms with van der Waals surface area (Å²) in [6, 6.07) is 2.50. The van der Waals surface area contributed by atoms with Crippen LogP contribution in [0.5, 0.6) is 0 Å². The van der Waals surface area contributed by atoms with Crippen LogP contribution in [0.2, 0.25) is 0 Å². The molecule has 0 aromatic carbocycles. The van der Waals surface area contributed by atoms with Crippen LogP contribution in [-0.4, -0.2) is 51.9 Å². The maximum atomic E-state index is 12.3. The first-order valence-electron chi connectivity index (χ1n) is 8.51. The highest BCUT2D eigenvalue weighted by molar-refractivity contribution is 5.87. The zero-order chi connectivity index (χ0) is 15.8. The molecule has 6 heteroatoms. The lowest BCUT2D eigenvalue weighted by Gasteiger charge is -2.26. The largest absolute Gasteiger partial charge is 0.359 e. The van der Waals surface area contributed by atoms with Gasteiger partial charge in [-0.3, -0.25) is 4.79 Å². The van der Waals surface area contributed by atoms with Gasteiger partial charge in [0.2, 0.25) is 5.91 Å². The molecule has 4 rings (SSSR count). The molecule has 6 nitrogen and oxygen atoms in total. The summed E-state index contributed by atoms with van der Waals surface area (Å²) in [5.41, 5.74) is 0.858. The third-order valence-electron chi connectivity index (χ3n) is 5.23. The first kappa shape index (κ1) is 14.5. The van der Waals surface area contributed by atoms with Crippen LogP contribution in [0.25, 0.3) is 11.0 Å². The summed E-state index contributed by atoms with van der Waals surface area (Å²) in [6.07, 6.45) is 9.06. The lowest BCUT2D eigenvalue weighted by atomic mass is 10.1. The number of rotatable bonds is 4. The number of nitrogens with one attached hydrogen (secondary N) is 1. The predicted octanol–water partition coefficient (Wildman–Crippen LogP) is 2.19. The van der Waals surface area contributed by atoms with Crippen molar-refractivity contribution in [1.82, 2.24) is 19.9 Å². The van der Waals surface area contributed by atoms with Gasteiger partial charge in [0, 0.05) is 44.7 Å². The van der Waals surface area contributed by atoms with Crippen molar-refractivity contribution < 1.29 is 4.79 Å². The normalized spacial score (nSPS) is 22.4. The number of nitrogens with zero attached hydrogens (tertiary/aromatic N) is 4. The quantitative estimate of drug-likeness (QED) is 0.939. The molecule has 2 aliphatic rings. The number of likely N-dealkylation sites (tertiary alicyclic amines) is 1. The Morgan fingerprint density at radius 1 is 1.35 bits per heavy atom. The number of H-pyrrole nitrogens is 1. The zero-order valence-electron chi connectivity index (χ0n) is 13.5. The topological polar surface area (TPSA) is 65.1 Å². The Balaban J connectivity index is 1.46. The summed E-state index contributed by atoms with van der Waals surface area (Å²) >= 11 is 0. The Morgan fingerprint density at radius 3 is 3.00 bits per heavy atom. The zero-order valence-corrected chi connectivity index (χ0v) is 13.5. The molecule has 0 bridgehead atoms. The molecule has 23 heavy (non-hydrogen) atoms. The average molecular weight is 313 g/mol. The van der Waals surface area contributed by atoms with E-state index in [1.807, 2.05) is 12.3 Å². The van der Waals surface area contributed by atoms with Crippen molar-refractivity contribution >= 4 is 22.8 Å². The lowest BCUT2D eigenvalue weighted by Crippen LogP contribution is -2.35. The van der Waals surface area contributed by atoms with E-state index in [1.54, 1.807) is 6.33 Å². The van der Waals surface area contributed by atoms with Crippen molar-refractivity contribution in [2.45, 2.75) is 38.1 Å². The summed E-state index contributed by atoms with van der Waals surface area (Å²) in [5, 5.41) is 1.03. The third kappa shape index (κ3) is 2.66. The molecule has 1 amide bonds. The van der Waals surface area contributed by atoms with Gasteiger partial charge in [-0.1, -0.05) is 12.8 Å². The number of hydrogen-bond acceptors (Lipinski definition) is 4. The van der Waals surface area contributed by atoms with Gasteiger partial charge in [0.05, 0.1) is 5.39 Å². The minimum atomic E-state index is 0.338. The van der Waals surface area contributed by atoms with Gasteiger partial charge < -0.3 is 14.8 Å². The van der Waals surface area contributed by atoms with Crippen LogP contribution in [0, 0.1) is 5.92 Å². The van der Waals surface area contributed by atoms with Gasteiger partial charge in [0.25, 0.3) is 0 Å². The number of carbonyl (C=O) groups is 1. The Bertz CT molecular complexity index is 706. The van der Waals surface area contributed by atoms with Crippen molar-refractivity contribution in [2.24, 2.45) is 5.92 Å². The van der Waals surface area contributed by atoms with Gasteiger partial charge in [-0.15, -0.1) is 0 Å². The monoisotopic (exact) mass is 313 g/mol. The molecule has 1 saturated heterocycles. The van der Waals surface area contributed by atoms with Gasteiger partial charge in [-0.2, -0.15) is 0 Å². The first-order chi connectivity index (χ1) is 11.2. The molecule has 0 unspecified atom stereocenters. The summed E-state index contributed by atoms with van der Waals surface area (Å²) in [7, 11) is 2.05. The van der Waals surface area contributed by atoms with E-state index in [0.717, 1.165) is 29.9 Å². The fourth-order valence-corrected chi connectivity index (χ4v) is 4.14. The van der Waals surface area contributed by atoms with Crippen LogP contribution in [0.1, 0.15) is 32.1 Å². The van der Waals surface area contributed by atoms with Gasteiger partial charge in [-0.05, 0) is 18.9 Å². The van der Waals surface area contributed by atoms with Gasteiger partial charge in [0.15, 0.2) is 0 Å². The Morgan fingerprint density at radius 2 is 2.17 bits per heavy atom. The van der Waals surface area contributed by atoms with Crippen LogP contribution in [0.15, 0.2) is 18.6 Å². The number of hydrogen-bond donors (Lipinski definition) is 1. The molecular formula is C17H23N5O. The lowest BCUT2D eigenvalue weighted by molar-refractivity contribution is -0.129. The van der Waals surface area contributed by atoms with E-state index in [2.05, 4.69) is 31.8 Å². The van der Waals surface area contributed by atoms with Crippen LogP contribution >= 0.6 is 0 Å². The van der Waals surface area contributed by atoms with Crippen molar-refractivity contribution in [3.8, 4) is 0 Å². The highest BCUT2D eigenvalue weighted by Crippen LogP contribution is 2.30. The van der Waals surface area contributed by atoms with Crippen molar-refractivity contribution in [2.75, 3.05) is 25.0 Å². The second kappa shape index (κ2) is 5.83. The minimum Gasteiger partial charge on any atom is -0.359 e. The van der Waals surface area contributed by atoms with E-state index in [-0.39, 0.29) is 0 Å². The Kier molecular flexibility index (Phi) is 3.67. The molecule has 2 aromatic rings. The van der Waals surface area contributed by atoms with Crippen molar-refractivity contribution in [3.05, 3.63) is 18.6 Å². The fraction of sp³-hybridized carbons (Fsp3) is 0.588. The van der Waals surface area contributed by atoms with Crippen LogP contribution in [-0.2, 0) is 4.79 Å². The predicted molar refractivity (Wildman–Crippen MR) is 89.2 cm³/mol. The molecular weight excluding hydrogens is 290 g/mol. The van der Waals surface area contributed by atoms with Crippen LogP contribution in [0.3, 0.4) is 0 Å². The third-order valence-corrected chi connectivity index (χ3v) is 5.23. The standard InChI is InChI=1S/C17H23N5O/c1-21(17-14-6-7-18-16(14)19-11-20-17)9-12-8-15(23)22(10-12)13-4-2-3-5-13/h6-7,11-13H,2-5,8-10H2,1H3,(H,18,19,20)/t12-/m1/s1.